The summed E-state index contributed by atoms with van der Waals surface area (Å²) in [6.45, 7) is 7.48. The van der Waals surface area contributed by atoms with Gasteiger partial charge in [-0.15, -0.1) is 0 Å². The average Bonchev–Trinajstić information content (AvgIpc) is 2.41. The van der Waals surface area contributed by atoms with Gasteiger partial charge in [-0.2, -0.15) is 5.10 Å². The van der Waals surface area contributed by atoms with Crippen molar-refractivity contribution < 1.29 is 4.79 Å². The molecule has 0 aliphatic carbocycles. The van der Waals surface area contributed by atoms with E-state index in [-0.39, 0.29) is 18.0 Å². The molecule has 2 rings (SSSR count). The van der Waals surface area contributed by atoms with E-state index >= 15 is 0 Å². The van der Waals surface area contributed by atoms with E-state index in [0.717, 1.165) is 28.1 Å². The molecule has 1 aromatic heterocycles. The van der Waals surface area contributed by atoms with Crippen LogP contribution in [0.1, 0.15) is 22.4 Å². The maximum Gasteiger partial charge on any atom is 0.267 e. The lowest BCUT2D eigenvalue weighted by molar-refractivity contribution is -0.117. The second kappa shape index (κ2) is 5.91. The highest BCUT2D eigenvalue weighted by atomic mass is 16.2. The number of hydrogen-bond acceptors (Lipinski definition) is 3. The molecule has 21 heavy (non-hydrogen) atoms. The molecule has 1 amide bonds. The van der Waals surface area contributed by atoms with Gasteiger partial charge in [-0.05, 0) is 50.5 Å². The maximum absolute atomic E-state index is 12.1. The van der Waals surface area contributed by atoms with Crippen molar-refractivity contribution in [1.29, 1.82) is 0 Å². The summed E-state index contributed by atoms with van der Waals surface area (Å²) < 4.78 is 1.18. The van der Waals surface area contributed by atoms with E-state index in [0.29, 0.717) is 0 Å². The number of anilines is 1. The lowest BCUT2D eigenvalue weighted by atomic mass is 10.1. The van der Waals surface area contributed by atoms with E-state index in [1.165, 1.54) is 10.7 Å². The molecule has 0 radical (unpaired) electrons. The van der Waals surface area contributed by atoms with E-state index < -0.39 is 0 Å². The fourth-order valence-corrected chi connectivity index (χ4v) is 2.00. The zero-order valence-electron chi connectivity index (χ0n) is 12.7. The molecule has 1 heterocycles. The maximum atomic E-state index is 12.1. The van der Waals surface area contributed by atoms with Crippen LogP contribution in [0.2, 0.25) is 0 Å². The number of hydrogen-bond donors (Lipinski definition) is 1. The minimum absolute atomic E-state index is 0.0899. The van der Waals surface area contributed by atoms with Crippen LogP contribution in [0.4, 0.5) is 5.69 Å². The summed E-state index contributed by atoms with van der Waals surface area (Å²) in [5, 5.41) is 6.96. The minimum atomic E-state index is -0.269. The molecule has 0 aliphatic heterocycles. The number of amides is 1. The fourth-order valence-electron chi connectivity index (χ4n) is 2.00. The summed E-state index contributed by atoms with van der Waals surface area (Å²) >= 11 is 0. The van der Waals surface area contributed by atoms with Crippen LogP contribution >= 0.6 is 0 Å². The number of nitrogens with one attached hydrogen (secondary N) is 1. The second-order valence-corrected chi connectivity index (χ2v) is 5.20. The Hall–Kier alpha value is -2.43. The minimum Gasteiger partial charge on any atom is -0.324 e. The van der Waals surface area contributed by atoms with Gasteiger partial charge in [-0.1, -0.05) is 12.1 Å². The molecule has 5 heteroatoms. The van der Waals surface area contributed by atoms with Crippen LogP contribution in [0.15, 0.2) is 29.1 Å². The van der Waals surface area contributed by atoms with Crippen molar-refractivity contribution in [2.75, 3.05) is 5.32 Å². The lowest BCUT2D eigenvalue weighted by Gasteiger charge is -2.11. The van der Waals surface area contributed by atoms with Crippen LogP contribution in [-0.4, -0.2) is 15.7 Å². The molecule has 1 aromatic carbocycles. The highest BCUT2D eigenvalue weighted by Crippen LogP contribution is 2.17. The third kappa shape index (κ3) is 3.37. The number of rotatable bonds is 3. The number of carbonyl (C=O) groups excluding carboxylic acids is 1. The van der Waals surface area contributed by atoms with Gasteiger partial charge in [0.2, 0.25) is 5.91 Å². The first-order chi connectivity index (χ1) is 9.88. The van der Waals surface area contributed by atoms with Crippen molar-refractivity contribution in [1.82, 2.24) is 9.78 Å². The largest absolute Gasteiger partial charge is 0.324 e. The molecule has 110 valence electrons. The molecule has 0 aliphatic rings. The quantitative estimate of drug-likeness (QED) is 0.939. The Labute approximate surface area is 123 Å². The van der Waals surface area contributed by atoms with E-state index in [2.05, 4.69) is 10.4 Å². The van der Waals surface area contributed by atoms with E-state index in [1.54, 1.807) is 0 Å². The average molecular weight is 285 g/mol. The first-order valence-electron chi connectivity index (χ1n) is 6.80. The summed E-state index contributed by atoms with van der Waals surface area (Å²) in [6.07, 6.45) is 0. The first kappa shape index (κ1) is 15.0. The molecule has 0 unspecified atom stereocenters. The van der Waals surface area contributed by atoms with Crippen LogP contribution in [0.3, 0.4) is 0 Å². The van der Waals surface area contributed by atoms with Crippen LogP contribution in [0.5, 0.6) is 0 Å². The fraction of sp³-hybridized carbons (Fsp3) is 0.312. The standard InChI is InChI=1S/C16H19N3O2/c1-10-6-5-7-14(12(10)3)17-15(20)9-19-16(21)8-11(2)13(4)18-19/h5-8H,9H2,1-4H3,(H,17,20). The lowest BCUT2D eigenvalue weighted by Crippen LogP contribution is -2.30. The topological polar surface area (TPSA) is 64.0 Å². The first-order valence-corrected chi connectivity index (χ1v) is 6.80. The third-order valence-electron chi connectivity index (χ3n) is 3.61. The van der Waals surface area contributed by atoms with Gasteiger partial charge in [0, 0.05) is 11.8 Å². The summed E-state index contributed by atoms with van der Waals surface area (Å²) in [6, 6.07) is 7.21. The van der Waals surface area contributed by atoms with Crippen molar-refractivity contribution in [3.63, 3.8) is 0 Å². The Morgan fingerprint density at radius 3 is 2.62 bits per heavy atom. The van der Waals surface area contributed by atoms with E-state index in [4.69, 9.17) is 0 Å². The molecule has 0 spiro atoms. The molecular weight excluding hydrogens is 266 g/mol. The molecule has 0 saturated heterocycles. The van der Waals surface area contributed by atoms with E-state index in [1.807, 2.05) is 45.9 Å². The Kier molecular flexibility index (Phi) is 4.21. The Balaban J connectivity index is 2.18. The number of nitrogens with zero attached hydrogens (tertiary/aromatic N) is 2. The van der Waals surface area contributed by atoms with Crippen LogP contribution in [0.25, 0.3) is 0 Å². The normalized spacial score (nSPS) is 10.5. The highest BCUT2D eigenvalue weighted by molar-refractivity contribution is 5.91. The number of aromatic nitrogens is 2. The van der Waals surface area contributed by atoms with Crippen molar-refractivity contribution in [3.8, 4) is 0 Å². The monoisotopic (exact) mass is 285 g/mol. The highest BCUT2D eigenvalue weighted by Gasteiger charge is 2.09. The van der Waals surface area contributed by atoms with Gasteiger partial charge in [0.25, 0.3) is 5.56 Å². The van der Waals surface area contributed by atoms with Gasteiger partial charge < -0.3 is 5.32 Å². The number of benzene rings is 1. The Morgan fingerprint density at radius 2 is 1.90 bits per heavy atom. The third-order valence-corrected chi connectivity index (χ3v) is 3.61. The summed E-state index contributed by atoms with van der Waals surface area (Å²) in [5.74, 6) is -0.262. The smallest absolute Gasteiger partial charge is 0.267 e. The Morgan fingerprint density at radius 1 is 1.19 bits per heavy atom. The van der Waals surface area contributed by atoms with Crippen LogP contribution in [0, 0.1) is 27.7 Å². The van der Waals surface area contributed by atoms with Gasteiger partial charge in [0.1, 0.15) is 6.54 Å². The molecule has 5 nitrogen and oxygen atoms in total. The number of aryl methyl sites for hydroxylation is 3. The predicted molar refractivity (Wildman–Crippen MR) is 82.5 cm³/mol. The zero-order chi connectivity index (χ0) is 15.6. The van der Waals surface area contributed by atoms with Gasteiger partial charge in [0.05, 0.1) is 5.69 Å². The van der Waals surface area contributed by atoms with Crippen molar-refractivity contribution in [3.05, 3.63) is 57.0 Å². The molecule has 0 atom stereocenters. The van der Waals surface area contributed by atoms with Gasteiger partial charge in [-0.3, -0.25) is 9.59 Å². The molecule has 0 bridgehead atoms. The van der Waals surface area contributed by atoms with Crippen molar-refractivity contribution in [2.24, 2.45) is 0 Å². The molecule has 0 fully saturated rings. The summed E-state index contributed by atoms with van der Waals surface area (Å²) in [5.41, 5.74) is 4.19. The molecule has 1 N–H and O–H groups in total. The van der Waals surface area contributed by atoms with Crippen LogP contribution < -0.4 is 10.9 Å². The second-order valence-electron chi connectivity index (χ2n) is 5.20. The molecular formula is C16H19N3O2. The molecule has 2 aromatic rings. The van der Waals surface area contributed by atoms with Crippen LogP contribution in [-0.2, 0) is 11.3 Å². The Bertz CT molecular complexity index is 748. The zero-order valence-corrected chi connectivity index (χ0v) is 12.7. The van der Waals surface area contributed by atoms with Crippen molar-refractivity contribution in [2.45, 2.75) is 34.2 Å². The molecule has 0 saturated carbocycles. The summed E-state index contributed by atoms with van der Waals surface area (Å²) in [4.78, 5) is 23.9. The summed E-state index contributed by atoms with van der Waals surface area (Å²) in [7, 11) is 0. The van der Waals surface area contributed by atoms with Gasteiger partial charge in [0.15, 0.2) is 0 Å². The van der Waals surface area contributed by atoms with E-state index in [9.17, 15) is 9.59 Å². The van der Waals surface area contributed by atoms with Gasteiger partial charge >= 0.3 is 0 Å². The van der Waals surface area contributed by atoms with Crippen molar-refractivity contribution >= 4 is 11.6 Å². The number of carbonyl (C=O) groups is 1. The predicted octanol–water partition coefficient (Wildman–Crippen LogP) is 2.12. The SMILES string of the molecule is Cc1cc(=O)n(CC(=O)Nc2cccc(C)c2C)nc1C. The van der Waals surface area contributed by atoms with Gasteiger partial charge in [-0.25, -0.2) is 4.68 Å².